The predicted octanol–water partition coefficient (Wildman–Crippen LogP) is 5.28. The molecular weight excluding hydrogens is 576 g/mol. The molecule has 5 aromatic rings. The molecule has 44 heavy (non-hydrogen) atoms. The van der Waals surface area contributed by atoms with Gasteiger partial charge in [-0.3, -0.25) is 14.4 Å². The quantitative estimate of drug-likeness (QED) is 0.215. The van der Waals surface area contributed by atoms with Crippen molar-refractivity contribution in [1.82, 2.24) is 4.90 Å². The number of nitrogens with one attached hydrogen (secondary N) is 1. The molecule has 0 spiro atoms. The fourth-order valence-electron chi connectivity index (χ4n) is 5.13. The summed E-state index contributed by atoms with van der Waals surface area (Å²) in [6, 6.07) is 26.4. The Labute approximate surface area is 256 Å². The number of benzene rings is 4. The number of hydrogen-bond acceptors (Lipinski definition) is 7. The normalized spacial score (nSPS) is 11.4. The lowest BCUT2D eigenvalue weighted by atomic mass is 9.97. The van der Waals surface area contributed by atoms with E-state index >= 15 is 0 Å². The molecule has 0 atom stereocenters. The maximum absolute atomic E-state index is 13.7. The first kappa shape index (κ1) is 30.4. The number of carbonyl (C=O) groups excluding carboxylic acids is 1. The zero-order valence-corrected chi connectivity index (χ0v) is 25.7. The van der Waals surface area contributed by atoms with Crippen LogP contribution in [0.2, 0.25) is 0 Å². The number of hydrogen-bond donors (Lipinski definition) is 1. The van der Waals surface area contributed by atoms with Crippen LogP contribution in [0.1, 0.15) is 32.6 Å². The molecule has 0 aliphatic rings. The summed E-state index contributed by atoms with van der Waals surface area (Å²) in [6.07, 6.45) is 0.188. The molecule has 0 saturated carbocycles. The molecule has 1 N–H and O–H groups in total. The minimum Gasteiger partial charge on any atom is -0.495 e. The molecule has 0 unspecified atom stereocenters. The Kier molecular flexibility index (Phi) is 8.51. The maximum atomic E-state index is 13.7. The smallest absolute Gasteiger partial charge is 0.253 e. The molecule has 5 rings (SSSR count). The van der Waals surface area contributed by atoms with E-state index in [2.05, 4.69) is 5.32 Å². The van der Waals surface area contributed by atoms with Gasteiger partial charge in [0.2, 0.25) is 10.9 Å². The zero-order chi connectivity index (χ0) is 31.6. The van der Waals surface area contributed by atoms with Crippen molar-refractivity contribution in [2.45, 2.75) is 24.0 Å². The largest absolute Gasteiger partial charge is 0.495 e. The highest BCUT2D eigenvalue weighted by molar-refractivity contribution is 7.90. The third kappa shape index (κ3) is 6.33. The van der Waals surface area contributed by atoms with E-state index in [1.54, 1.807) is 74.8 Å². The maximum Gasteiger partial charge on any atom is 0.253 e. The van der Waals surface area contributed by atoms with Crippen LogP contribution in [0.4, 0.5) is 11.4 Å². The van der Waals surface area contributed by atoms with Gasteiger partial charge in [-0.1, -0.05) is 54.6 Å². The average molecular weight is 609 g/mol. The Hall–Kier alpha value is -5.02. The van der Waals surface area contributed by atoms with E-state index in [9.17, 15) is 22.8 Å². The Morgan fingerprint density at radius 1 is 0.818 bits per heavy atom. The number of rotatable bonds is 10. The zero-order valence-electron chi connectivity index (χ0n) is 24.9. The van der Waals surface area contributed by atoms with Crippen LogP contribution in [0, 0.1) is 6.92 Å². The van der Waals surface area contributed by atoms with Crippen molar-refractivity contribution in [3.05, 3.63) is 139 Å². The van der Waals surface area contributed by atoms with Crippen molar-refractivity contribution in [2.75, 3.05) is 26.5 Å². The van der Waals surface area contributed by atoms with Gasteiger partial charge < -0.3 is 15.0 Å². The molecular formula is C35H32N2O6S. The third-order valence-corrected chi connectivity index (χ3v) is 9.08. The summed E-state index contributed by atoms with van der Waals surface area (Å²) in [4.78, 5) is 38.8. The standard InChI is InChI=1S/C35H32N2O6S/c1-22-8-5-13-28(16-22)36-32-29(33(38)34(32)39)18-23-9-6-10-24(17-23)21-44(41,42)31-20-26(14-15-30(31)43-4)25-11-7-12-27(19-25)35(40)37(2)3/h5-17,19-20,36H,18,21H2,1-4H3. The van der Waals surface area contributed by atoms with Crippen molar-refractivity contribution in [2.24, 2.45) is 0 Å². The molecule has 8 nitrogen and oxygen atoms in total. The van der Waals surface area contributed by atoms with Crippen molar-refractivity contribution in [3.8, 4) is 16.9 Å². The molecule has 0 saturated heterocycles. The summed E-state index contributed by atoms with van der Waals surface area (Å²) >= 11 is 0. The Bertz CT molecular complexity index is 2060. The van der Waals surface area contributed by atoms with Gasteiger partial charge in [0.25, 0.3) is 5.91 Å². The first-order valence-electron chi connectivity index (χ1n) is 13.9. The van der Waals surface area contributed by atoms with Gasteiger partial charge in [0.15, 0.2) is 9.84 Å². The van der Waals surface area contributed by atoms with E-state index in [1.807, 2.05) is 37.3 Å². The molecule has 224 valence electrons. The number of amides is 1. The Morgan fingerprint density at radius 3 is 2.25 bits per heavy atom. The van der Waals surface area contributed by atoms with Gasteiger partial charge in [-0.05, 0) is 71.1 Å². The van der Waals surface area contributed by atoms with Gasteiger partial charge in [-0.2, -0.15) is 0 Å². The number of carbonyl (C=O) groups is 1. The number of nitrogens with zero attached hydrogens (tertiary/aromatic N) is 1. The summed E-state index contributed by atoms with van der Waals surface area (Å²) in [7, 11) is 0.872. The predicted molar refractivity (Wildman–Crippen MR) is 172 cm³/mol. The molecule has 1 amide bonds. The number of methoxy groups -OCH3 is 1. The van der Waals surface area contributed by atoms with Gasteiger partial charge in [0, 0.05) is 37.3 Å². The lowest BCUT2D eigenvalue weighted by Crippen LogP contribution is -2.38. The number of sulfone groups is 1. The van der Waals surface area contributed by atoms with E-state index in [0.29, 0.717) is 39.1 Å². The highest BCUT2D eigenvalue weighted by Gasteiger charge is 2.24. The van der Waals surface area contributed by atoms with Crippen LogP contribution in [-0.4, -0.2) is 40.4 Å². The van der Waals surface area contributed by atoms with Gasteiger partial charge in [0.05, 0.1) is 18.6 Å². The molecule has 0 radical (unpaired) electrons. The second-order valence-electron chi connectivity index (χ2n) is 10.9. The summed E-state index contributed by atoms with van der Waals surface area (Å²) in [5.41, 5.74) is 4.29. The van der Waals surface area contributed by atoms with Crippen LogP contribution in [0.15, 0.2) is 105 Å². The minimum absolute atomic E-state index is 0.0272. The van der Waals surface area contributed by atoms with E-state index in [-0.39, 0.29) is 34.4 Å². The molecule has 9 heteroatoms. The number of anilines is 2. The van der Waals surface area contributed by atoms with Crippen molar-refractivity contribution < 1.29 is 17.9 Å². The molecule has 5 aromatic carbocycles. The Balaban J connectivity index is 1.41. The molecule has 0 heterocycles. The SMILES string of the molecule is COc1ccc(-c2cccc(C(=O)N(C)C)c2)cc1S(=O)(=O)Cc1cccc(Cc2c(Nc3cccc(C)c3)c(=O)c2=O)c1. The van der Waals surface area contributed by atoms with Gasteiger partial charge in [0.1, 0.15) is 10.6 Å². The van der Waals surface area contributed by atoms with Crippen LogP contribution < -0.4 is 20.9 Å². The molecule has 0 bridgehead atoms. The first-order chi connectivity index (χ1) is 21.0. The van der Waals surface area contributed by atoms with Gasteiger partial charge >= 0.3 is 0 Å². The van der Waals surface area contributed by atoms with Crippen LogP contribution in [0.3, 0.4) is 0 Å². The number of ether oxygens (including phenoxy) is 1. The van der Waals surface area contributed by atoms with Crippen LogP contribution >= 0.6 is 0 Å². The summed E-state index contributed by atoms with van der Waals surface area (Å²) < 4.78 is 32.9. The minimum atomic E-state index is -3.88. The Morgan fingerprint density at radius 2 is 1.52 bits per heavy atom. The van der Waals surface area contributed by atoms with Crippen molar-refractivity contribution in [1.29, 1.82) is 0 Å². The topological polar surface area (TPSA) is 110 Å². The molecule has 0 aromatic heterocycles. The third-order valence-electron chi connectivity index (χ3n) is 7.37. The van der Waals surface area contributed by atoms with E-state index < -0.39 is 20.7 Å². The molecule has 0 fully saturated rings. The summed E-state index contributed by atoms with van der Waals surface area (Å²) in [5.74, 6) is -0.254. The van der Waals surface area contributed by atoms with Crippen molar-refractivity contribution in [3.63, 3.8) is 0 Å². The molecule has 0 aliphatic heterocycles. The van der Waals surface area contributed by atoms with Crippen LogP contribution in [0.5, 0.6) is 5.75 Å². The average Bonchev–Trinajstić information content (AvgIpc) is 3.01. The first-order valence-corrected chi connectivity index (χ1v) is 15.6. The van der Waals surface area contributed by atoms with Gasteiger partial charge in [-0.25, -0.2) is 8.42 Å². The van der Waals surface area contributed by atoms with E-state index in [1.165, 1.54) is 12.0 Å². The number of aryl methyl sites for hydroxylation is 1. The lowest BCUT2D eigenvalue weighted by Gasteiger charge is -2.15. The van der Waals surface area contributed by atoms with Crippen molar-refractivity contribution >= 4 is 27.1 Å². The second-order valence-corrected chi connectivity index (χ2v) is 12.9. The summed E-state index contributed by atoms with van der Waals surface area (Å²) in [5, 5.41) is 3.07. The highest BCUT2D eigenvalue weighted by atomic mass is 32.2. The lowest BCUT2D eigenvalue weighted by molar-refractivity contribution is 0.0827. The fourth-order valence-corrected chi connectivity index (χ4v) is 6.66. The van der Waals surface area contributed by atoms with E-state index in [0.717, 1.165) is 5.56 Å². The summed E-state index contributed by atoms with van der Waals surface area (Å²) in [6.45, 7) is 1.94. The molecule has 0 aliphatic carbocycles. The van der Waals surface area contributed by atoms with E-state index in [4.69, 9.17) is 4.74 Å². The fraction of sp³-hybridized carbons (Fsp3) is 0.171. The second kappa shape index (κ2) is 12.3. The van der Waals surface area contributed by atoms with Gasteiger partial charge in [-0.15, -0.1) is 0 Å². The van der Waals surface area contributed by atoms with Crippen LogP contribution in [0.25, 0.3) is 11.1 Å². The monoisotopic (exact) mass is 608 g/mol. The highest BCUT2D eigenvalue weighted by Crippen LogP contribution is 2.33. The van der Waals surface area contributed by atoms with Crippen LogP contribution in [-0.2, 0) is 22.0 Å².